The van der Waals surface area contributed by atoms with Gasteiger partial charge in [-0.05, 0) is 29.7 Å². The first kappa shape index (κ1) is 16.1. The van der Waals surface area contributed by atoms with E-state index in [0.717, 1.165) is 30.3 Å². The van der Waals surface area contributed by atoms with Gasteiger partial charge in [0.05, 0.1) is 5.56 Å². The lowest BCUT2D eigenvalue weighted by atomic mass is 9.79. The molecule has 0 bridgehead atoms. The fourth-order valence-electron chi connectivity index (χ4n) is 1.83. The SMILES string of the molecule is O=C(NCc1cc(B(O)O)ccc1F)c1cc(F)ccc1F. The van der Waals surface area contributed by atoms with Crippen molar-refractivity contribution in [2.75, 3.05) is 0 Å². The number of hydrogen-bond donors (Lipinski definition) is 3. The number of hydrogen-bond acceptors (Lipinski definition) is 3. The minimum atomic E-state index is -1.78. The Bertz CT molecular complexity index is 710. The third-order valence-corrected chi connectivity index (χ3v) is 2.98. The van der Waals surface area contributed by atoms with E-state index in [2.05, 4.69) is 5.32 Å². The van der Waals surface area contributed by atoms with Crippen LogP contribution in [0.2, 0.25) is 0 Å². The summed E-state index contributed by atoms with van der Waals surface area (Å²) in [4.78, 5) is 11.8. The smallest absolute Gasteiger partial charge is 0.423 e. The number of rotatable bonds is 4. The van der Waals surface area contributed by atoms with Crippen molar-refractivity contribution in [1.82, 2.24) is 5.32 Å². The first-order chi connectivity index (χ1) is 10.4. The third-order valence-electron chi connectivity index (χ3n) is 2.98. The van der Waals surface area contributed by atoms with E-state index in [1.807, 2.05) is 0 Å². The first-order valence-electron chi connectivity index (χ1n) is 6.26. The highest BCUT2D eigenvalue weighted by Crippen LogP contribution is 2.10. The van der Waals surface area contributed by atoms with Crippen LogP contribution < -0.4 is 10.8 Å². The highest BCUT2D eigenvalue weighted by Gasteiger charge is 2.16. The lowest BCUT2D eigenvalue weighted by Gasteiger charge is -2.09. The molecule has 2 rings (SSSR count). The van der Waals surface area contributed by atoms with Gasteiger partial charge in [0.25, 0.3) is 5.91 Å². The van der Waals surface area contributed by atoms with E-state index >= 15 is 0 Å². The molecule has 0 atom stereocenters. The predicted octanol–water partition coefficient (Wildman–Crippen LogP) is 0.714. The average Bonchev–Trinajstić information content (AvgIpc) is 2.48. The molecule has 0 aliphatic carbocycles. The van der Waals surface area contributed by atoms with Gasteiger partial charge in [-0.15, -0.1) is 0 Å². The largest absolute Gasteiger partial charge is 0.488 e. The van der Waals surface area contributed by atoms with Crippen LogP contribution in [0.4, 0.5) is 13.2 Å². The minimum Gasteiger partial charge on any atom is -0.423 e. The van der Waals surface area contributed by atoms with E-state index in [-0.39, 0.29) is 17.6 Å². The minimum absolute atomic E-state index is 0.0178. The number of benzene rings is 2. The van der Waals surface area contributed by atoms with E-state index in [4.69, 9.17) is 10.0 Å². The molecule has 0 spiro atoms. The summed E-state index contributed by atoms with van der Waals surface area (Å²) < 4.78 is 40.0. The first-order valence-corrected chi connectivity index (χ1v) is 6.26. The Balaban J connectivity index is 2.14. The molecule has 0 aliphatic rings. The maximum Gasteiger partial charge on any atom is 0.488 e. The van der Waals surface area contributed by atoms with Crippen molar-refractivity contribution >= 4 is 18.5 Å². The molecule has 3 N–H and O–H groups in total. The summed E-state index contributed by atoms with van der Waals surface area (Å²) in [6, 6.07) is 5.76. The zero-order valence-electron chi connectivity index (χ0n) is 11.2. The van der Waals surface area contributed by atoms with Gasteiger partial charge in [0.1, 0.15) is 17.5 Å². The summed E-state index contributed by atoms with van der Waals surface area (Å²) in [5.74, 6) is -3.27. The van der Waals surface area contributed by atoms with Crippen LogP contribution in [0, 0.1) is 17.5 Å². The second kappa shape index (κ2) is 6.63. The van der Waals surface area contributed by atoms with Gasteiger partial charge in [0.15, 0.2) is 0 Å². The molecule has 0 aliphatic heterocycles. The van der Waals surface area contributed by atoms with Crippen LogP contribution >= 0.6 is 0 Å². The van der Waals surface area contributed by atoms with Gasteiger partial charge in [-0.25, -0.2) is 13.2 Å². The number of carbonyl (C=O) groups excluding carboxylic acids is 1. The molecule has 0 radical (unpaired) electrons. The maximum atomic E-state index is 13.6. The van der Waals surface area contributed by atoms with Crippen molar-refractivity contribution in [3.05, 3.63) is 65.0 Å². The van der Waals surface area contributed by atoms with Crippen LogP contribution in [-0.2, 0) is 6.54 Å². The maximum absolute atomic E-state index is 13.6. The molecule has 1 amide bonds. The molecule has 0 saturated carbocycles. The highest BCUT2D eigenvalue weighted by atomic mass is 19.1. The Morgan fingerprint density at radius 1 is 1.05 bits per heavy atom. The monoisotopic (exact) mass is 309 g/mol. The lowest BCUT2D eigenvalue weighted by Crippen LogP contribution is -2.31. The van der Waals surface area contributed by atoms with Gasteiger partial charge in [-0.2, -0.15) is 0 Å². The molecule has 2 aromatic rings. The Hall–Kier alpha value is -2.32. The highest BCUT2D eigenvalue weighted by molar-refractivity contribution is 6.58. The molecule has 114 valence electrons. The van der Waals surface area contributed by atoms with Gasteiger partial charge < -0.3 is 15.4 Å². The van der Waals surface area contributed by atoms with Crippen LogP contribution in [-0.4, -0.2) is 23.1 Å². The normalized spacial score (nSPS) is 10.4. The topological polar surface area (TPSA) is 69.6 Å². The van der Waals surface area contributed by atoms with Crippen molar-refractivity contribution in [3.8, 4) is 0 Å². The average molecular weight is 309 g/mol. The molecule has 0 heterocycles. The quantitative estimate of drug-likeness (QED) is 0.729. The lowest BCUT2D eigenvalue weighted by molar-refractivity contribution is 0.0946. The summed E-state index contributed by atoms with van der Waals surface area (Å²) in [6.07, 6.45) is 0. The fourth-order valence-corrected chi connectivity index (χ4v) is 1.83. The number of amides is 1. The molecular formula is C14H11BF3NO3. The van der Waals surface area contributed by atoms with Crippen molar-refractivity contribution in [2.45, 2.75) is 6.54 Å². The van der Waals surface area contributed by atoms with Gasteiger partial charge in [-0.1, -0.05) is 12.1 Å². The third kappa shape index (κ3) is 3.66. The Morgan fingerprint density at radius 3 is 2.41 bits per heavy atom. The van der Waals surface area contributed by atoms with Crippen molar-refractivity contribution in [1.29, 1.82) is 0 Å². The molecule has 0 aromatic heterocycles. The summed E-state index contributed by atoms with van der Waals surface area (Å²) >= 11 is 0. The second-order valence-electron chi connectivity index (χ2n) is 4.53. The zero-order chi connectivity index (χ0) is 16.3. The molecule has 0 unspecified atom stereocenters. The Kier molecular flexibility index (Phi) is 4.84. The van der Waals surface area contributed by atoms with Crippen molar-refractivity contribution in [3.63, 3.8) is 0 Å². The number of carbonyl (C=O) groups is 1. The van der Waals surface area contributed by atoms with E-state index in [0.29, 0.717) is 0 Å². The summed E-state index contributed by atoms with van der Waals surface area (Å²) in [6.45, 7) is -0.318. The Labute approximate surface area is 124 Å². The summed E-state index contributed by atoms with van der Waals surface area (Å²) in [5, 5.41) is 20.3. The molecule has 0 fully saturated rings. The van der Waals surface area contributed by atoms with E-state index in [9.17, 15) is 18.0 Å². The molecule has 2 aromatic carbocycles. The molecular weight excluding hydrogens is 298 g/mol. The van der Waals surface area contributed by atoms with E-state index < -0.39 is 36.0 Å². The second-order valence-corrected chi connectivity index (χ2v) is 4.53. The van der Waals surface area contributed by atoms with Gasteiger partial charge >= 0.3 is 7.12 Å². The van der Waals surface area contributed by atoms with Crippen LogP contribution in [0.3, 0.4) is 0 Å². The summed E-state index contributed by atoms with van der Waals surface area (Å²) in [5.41, 5.74) is -0.475. The number of nitrogens with one attached hydrogen (secondary N) is 1. The van der Waals surface area contributed by atoms with Crippen LogP contribution in [0.15, 0.2) is 36.4 Å². The predicted molar refractivity (Wildman–Crippen MR) is 73.8 cm³/mol. The van der Waals surface area contributed by atoms with Crippen LogP contribution in [0.25, 0.3) is 0 Å². The summed E-state index contributed by atoms with van der Waals surface area (Å²) in [7, 11) is -1.78. The molecule has 4 nitrogen and oxygen atoms in total. The Morgan fingerprint density at radius 2 is 1.73 bits per heavy atom. The molecule has 0 saturated heterocycles. The van der Waals surface area contributed by atoms with Gasteiger partial charge in [0, 0.05) is 12.1 Å². The molecule has 22 heavy (non-hydrogen) atoms. The van der Waals surface area contributed by atoms with Crippen LogP contribution in [0.5, 0.6) is 0 Å². The van der Waals surface area contributed by atoms with Crippen molar-refractivity contribution in [2.24, 2.45) is 0 Å². The van der Waals surface area contributed by atoms with Gasteiger partial charge in [-0.3, -0.25) is 4.79 Å². The number of halogens is 3. The van der Waals surface area contributed by atoms with Crippen molar-refractivity contribution < 1.29 is 28.0 Å². The van der Waals surface area contributed by atoms with E-state index in [1.54, 1.807) is 0 Å². The standard InChI is InChI=1S/C14H11BF3NO3/c16-10-2-4-13(18)11(6-10)14(20)19-7-8-5-9(15(21)22)1-3-12(8)17/h1-6,21-22H,7H2,(H,19,20). The van der Waals surface area contributed by atoms with E-state index in [1.165, 1.54) is 6.07 Å². The van der Waals surface area contributed by atoms with Gasteiger partial charge in [0.2, 0.25) is 0 Å². The molecule has 8 heteroatoms. The fraction of sp³-hybridized carbons (Fsp3) is 0.0714. The zero-order valence-corrected chi connectivity index (χ0v) is 11.2. The van der Waals surface area contributed by atoms with Crippen LogP contribution in [0.1, 0.15) is 15.9 Å².